The molecule has 1 unspecified atom stereocenters. The first-order valence-corrected chi connectivity index (χ1v) is 8.85. The minimum atomic E-state index is 0.275. The van der Waals surface area contributed by atoms with E-state index in [9.17, 15) is 0 Å². The normalized spacial score (nSPS) is 15.8. The highest BCUT2D eigenvalue weighted by molar-refractivity contribution is 7.12. The summed E-state index contributed by atoms with van der Waals surface area (Å²) in [7, 11) is 2.05. The van der Waals surface area contributed by atoms with Gasteiger partial charge in [-0.2, -0.15) is 0 Å². The van der Waals surface area contributed by atoms with E-state index in [0.717, 1.165) is 10.6 Å². The minimum absolute atomic E-state index is 0.275. The number of aryl methyl sites for hydroxylation is 4. The zero-order valence-electron chi connectivity index (χ0n) is 12.9. The van der Waals surface area contributed by atoms with E-state index >= 15 is 0 Å². The highest BCUT2D eigenvalue weighted by Crippen LogP contribution is 2.37. The average molecular weight is 320 g/mol. The van der Waals surface area contributed by atoms with Gasteiger partial charge in [0.25, 0.3) is 0 Å². The summed E-state index contributed by atoms with van der Waals surface area (Å²) in [5, 5.41) is 4.36. The molecular formula is C18H22ClNS. The summed E-state index contributed by atoms with van der Waals surface area (Å²) in [6, 6.07) is 7.02. The molecular weight excluding hydrogens is 298 g/mol. The molecule has 0 spiro atoms. The van der Waals surface area contributed by atoms with Gasteiger partial charge in [0.1, 0.15) is 0 Å². The van der Waals surface area contributed by atoms with E-state index in [2.05, 4.69) is 37.4 Å². The third kappa shape index (κ3) is 2.90. The molecule has 0 amide bonds. The lowest BCUT2D eigenvalue weighted by Gasteiger charge is -2.19. The van der Waals surface area contributed by atoms with Gasteiger partial charge in [0.2, 0.25) is 0 Å². The van der Waals surface area contributed by atoms with E-state index in [1.807, 2.05) is 18.4 Å². The Bertz CT molecular complexity index is 636. The number of halogens is 1. The van der Waals surface area contributed by atoms with Crippen molar-refractivity contribution in [3.63, 3.8) is 0 Å². The van der Waals surface area contributed by atoms with E-state index in [-0.39, 0.29) is 6.04 Å². The van der Waals surface area contributed by atoms with Crippen molar-refractivity contribution in [2.75, 3.05) is 7.05 Å². The summed E-state index contributed by atoms with van der Waals surface area (Å²) < 4.78 is 0. The monoisotopic (exact) mass is 319 g/mol. The maximum absolute atomic E-state index is 6.24. The topological polar surface area (TPSA) is 12.0 Å². The second-order valence-electron chi connectivity index (χ2n) is 5.98. The van der Waals surface area contributed by atoms with Gasteiger partial charge in [-0.05, 0) is 81.0 Å². The van der Waals surface area contributed by atoms with Crippen molar-refractivity contribution in [1.82, 2.24) is 5.32 Å². The van der Waals surface area contributed by atoms with Crippen LogP contribution in [0.4, 0.5) is 0 Å². The molecule has 3 rings (SSSR count). The Morgan fingerprint density at radius 1 is 1.10 bits per heavy atom. The molecule has 0 saturated carbocycles. The van der Waals surface area contributed by atoms with Crippen molar-refractivity contribution in [2.24, 2.45) is 0 Å². The Kier molecular flexibility index (Phi) is 4.39. The molecule has 1 aromatic carbocycles. The second kappa shape index (κ2) is 6.12. The van der Waals surface area contributed by atoms with Crippen molar-refractivity contribution in [3.8, 4) is 0 Å². The SMILES string of the molecule is CNC(c1cc2c(s1)CCCC2)c1cc(C)c(Cl)cc1C. The van der Waals surface area contributed by atoms with Crippen molar-refractivity contribution in [3.05, 3.63) is 55.2 Å². The van der Waals surface area contributed by atoms with Crippen LogP contribution in [-0.2, 0) is 12.8 Å². The lowest BCUT2D eigenvalue weighted by molar-refractivity contribution is 0.689. The molecule has 0 radical (unpaired) electrons. The van der Waals surface area contributed by atoms with Gasteiger partial charge in [-0.3, -0.25) is 0 Å². The summed E-state index contributed by atoms with van der Waals surface area (Å²) >= 11 is 8.23. The van der Waals surface area contributed by atoms with Crippen molar-refractivity contribution >= 4 is 22.9 Å². The molecule has 0 fully saturated rings. The lowest BCUT2D eigenvalue weighted by Crippen LogP contribution is -2.17. The Morgan fingerprint density at radius 2 is 1.86 bits per heavy atom. The summed E-state index contributed by atoms with van der Waals surface area (Å²) in [6.07, 6.45) is 5.19. The zero-order valence-corrected chi connectivity index (χ0v) is 14.5. The van der Waals surface area contributed by atoms with Crippen LogP contribution < -0.4 is 5.32 Å². The van der Waals surface area contributed by atoms with Gasteiger partial charge in [0.15, 0.2) is 0 Å². The molecule has 1 N–H and O–H groups in total. The molecule has 1 heterocycles. The maximum Gasteiger partial charge on any atom is 0.0671 e. The van der Waals surface area contributed by atoms with Crippen LogP contribution in [0.1, 0.15) is 50.9 Å². The molecule has 1 nitrogen and oxygen atoms in total. The van der Waals surface area contributed by atoms with E-state index in [4.69, 9.17) is 11.6 Å². The van der Waals surface area contributed by atoms with E-state index in [1.165, 1.54) is 41.7 Å². The largest absolute Gasteiger partial charge is 0.309 e. The molecule has 1 aliphatic rings. The van der Waals surface area contributed by atoms with Crippen LogP contribution in [0, 0.1) is 13.8 Å². The van der Waals surface area contributed by atoms with Crippen molar-refractivity contribution in [1.29, 1.82) is 0 Å². The van der Waals surface area contributed by atoms with E-state index in [1.54, 1.807) is 10.4 Å². The highest BCUT2D eigenvalue weighted by Gasteiger charge is 2.21. The van der Waals surface area contributed by atoms with Gasteiger partial charge in [0, 0.05) is 14.8 Å². The lowest BCUT2D eigenvalue weighted by atomic mass is 9.95. The first-order valence-electron chi connectivity index (χ1n) is 7.65. The Hall–Kier alpha value is -0.830. The smallest absolute Gasteiger partial charge is 0.0671 e. The Labute approximate surface area is 136 Å². The molecule has 1 aliphatic carbocycles. The van der Waals surface area contributed by atoms with Gasteiger partial charge >= 0.3 is 0 Å². The average Bonchev–Trinajstić information content (AvgIpc) is 2.88. The van der Waals surface area contributed by atoms with Crippen LogP contribution in [0.5, 0.6) is 0 Å². The van der Waals surface area contributed by atoms with E-state index in [0.29, 0.717) is 0 Å². The Balaban J connectivity index is 2.02. The summed E-state index contributed by atoms with van der Waals surface area (Å²) in [5.41, 5.74) is 5.33. The second-order valence-corrected chi connectivity index (χ2v) is 7.56. The molecule has 0 bridgehead atoms. The number of rotatable bonds is 3. The molecule has 3 heteroatoms. The van der Waals surface area contributed by atoms with Gasteiger partial charge in [-0.15, -0.1) is 11.3 Å². The summed E-state index contributed by atoms with van der Waals surface area (Å²) in [5.74, 6) is 0. The quantitative estimate of drug-likeness (QED) is 0.819. The van der Waals surface area contributed by atoms with Crippen LogP contribution in [0.25, 0.3) is 0 Å². The molecule has 112 valence electrons. The first-order chi connectivity index (χ1) is 10.1. The third-order valence-corrected chi connectivity index (χ3v) is 6.16. The first kappa shape index (κ1) is 15.1. The molecule has 21 heavy (non-hydrogen) atoms. The summed E-state index contributed by atoms with van der Waals surface area (Å²) in [6.45, 7) is 4.23. The van der Waals surface area contributed by atoms with Crippen LogP contribution in [0.3, 0.4) is 0 Å². The molecule has 1 aromatic heterocycles. The van der Waals surface area contributed by atoms with Gasteiger partial charge in [0.05, 0.1) is 6.04 Å². The fraction of sp³-hybridized carbons (Fsp3) is 0.444. The number of fused-ring (bicyclic) bond motifs is 1. The number of hydrogen-bond acceptors (Lipinski definition) is 2. The number of nitrogens with one attached hydrogen (secondary N) is 1. The zero-order chi connectivity index (χ0) is 15.0. The Morgan fingerprint density at radius 3 is 2.57 bits per heavy atom. The predicted octanol–water partition coefficient (Wildman–Crippen LogP) is 5.21. The molecule has 2 aromatic rings. The van der Waals surface area contributed by atoms with Crippen LogP contribution in [-0.4, -0.2) is 7.05 Å². The van der Waals surface area contributed by atoms with Crippen LogP contribution in [0.15, 0.2) is 18.2 Å². The van der Waals surface area contributed by atoms with Crippen LogP contribution >= 0.6 is 22.9 Å². The van der Waals surface area contributed by atoms with Gasteiger partial charge in [-0.1, -0.05) is 17.7 Å². The molecule has 0 saturated heterocycles. The number of hydrogen-bond donors (Lipinski definition) is 1. The van der Waals surface area contributed by atoms with E-state index < -0.39 is 0 Å². The number of benzene rings is 1. The van der Waals surface area contributed by atoms with Crippen molar-refractivity contribution < 1.29 is 0 Å². The van der Waals surface area contributed by atoms with Gasteiger partial charge in [-0.25, -0.2) is 0 Å². The highest BCUT2D eigenvalue weighted by atomic mass is 35.5. The summed E-state index contributed by atoms with van der Waals surface area (Å²) in [4.78, 5) is 3.04. The molecule has 1 atom stereocenters. The minimum Gasteiger partial charge on any atom is -0.309 e. The fourth-order valence-corrected chi connectivity index (χ4v) is 4.83. The van der Waals surface area contributed by atoms with Crippen LogP contribution in [0.2, 0.25) is 5.02 Å². The fourth-order valence-electron chi connectivity index (χ4n) is 3.22. The molecule has 0 aliphatic heterocycles. The standard InChI is InChI=1S/C18H22ClNS/c1-11-9-15(19)12(2)8-14(11)18(20-3)17-10-13-6-4-5-7-16(13)21-17/h8-10,18,20H,4-7H2,1-3H3. The third-order valence-electron chi connectivity index (χ3n) is 4.45. The van der Waals surface area contributed by atoms with Gasteiger partial charge < -0.3 is 5.32 Å². The maximum atomic E-state index is 6.24. The predicted molar refractivity (Wildman–Crippen MR) is 92.8 cm³/mol. The van der Waals surface area contributed by atoms with Crippen molar-refractivity contribution in [2.45, 2.75) is 45.6 Å². The number of thiophene rings is 1.